The fourth-order valence-corrected chi connectivity index (χ4v) is 2.80. The Morgan fingerprint density at radius 1 is 1.67 bits per heavy atom. The Hall–Kier alpha value is -1.31. The predicted molar refractivity (Wildman–Crippen MR) is 72.0 cm³/mol. The number of aliphatic hydroxyl groups excluding tert-OH is 1. The van der Waals surface area contributed by atoms with Gasteiger partial charge in [-0.2, -0.15) is 0 Å². The van der Waals surface area contributed by atoms with Gasteiger partial charge in [0.1, 0.15) is 6.61 Å². The lowest BCUT2D eigenvalue weighted by molar-refractivity contribution is -0.132. The lowest BCUT2D eigenvalue weighted by atomic mass is 10.2. The highest BCUT2D eigenvalue weighted by Crippen LogP contribution is 2.39. The second-order valence-corrected chi connectivity index (χ2v) is 5.77. The molecule has 3 nitrogen and oxygen atoms in total. The van der Waals surface area contributed by atoms with Crippen LogP contribution < -0.4 is 0 Å². The fraction of sp³-hybridized carbons (Fsp3) is 0.500. The summed E-state index contributed by atoms with van der Waals surface area (Å²) in [6.07, 6.45) is 1.03. The van der Waals surface area contributed by atoms with Crippen LogP contribution in [0.1, 0.15) is 23.8 Å². The first-order valence-corrected chi connectivity index (χ1v) is 6.92. The first-order chi connectivity index (χ1) is 8.61. The van der Waals surface area contributed by atoms with Crippen molar-refractivity contribution in [2.24, 2.45) is 11.8 Å². The number of hydrogen-bond donors (Lipinski definition) is 1. The van der Waals surface area contributed by atoms with Crippen molar-refractivity contribution in [1.29, 1.82) is 0 Å². The summed E-state index contributed by atoms with van der Waals surface area (Å²) >= 11 is 1.60. The third-order valence-electron chi connectivity index (χ3n) is 3.16. The van der Waals surface area contributed by atoms with Crippen LogP contribution in [0.15, 0.2) is 11.4 Å². The van der Waals surface area contributed by atoms with Gasteiger partial charge in [0.2, 0.25) is 5.91 Å². The third-order valence-corrected chi connectivity index (χ3v) is 4.08. The molecule has 1 heterocycles. The maximum Gasteiger partial charge on any atom is 0.226 e. The second kappa shape index (κ2) is 5.55. The highest BCUT2D eigenvalue weighted by Gasteiger charge is 2.40. The highest BCUT2D eigenvalue weighted by atomic mass is 32.1. The third kappa shape index (κ3) is 3.12. The van der Waals surface area contributed by atoms with E-state index in [9.17, 15) is 4.79 Å². The number of carbonyl (C=O) groups excluding carboxylic acids is 1. The second-order valence-electron chi connectivity index (χ2n) is 4.78. The van der Waals surface area contributed by atoms with Crippen molar-refractivity contribution in [2.45, 2.75) is 19.9 Å². The minimum atomic E-state index is -0.122. The van der Waals surface area contributed by atoms with Gasteiger partial charge in [-0.3, -0.25) is 4.79 Å². The predicted octanol–water partition coefficient (Wildman–Crippen LogP) is 1.71. The molecule has 0 aliphatic heterocycles. The zero-order valence-electron chi connectivity index (χ0n) is 10.6. The maximum absolute atomic E-state index is 12.0. The molecule has 2 atom stereocenters. The summed E-state index contributed by atoms with van der Waals surface area (Å²) in [4.78, 5) is 14.9. The van der Waals surface area contributed by atoms with Crippen LogP contribution in [0.25, 0.3) is 0 Å². The summed E-state index contributed by atoms with van der Waals surface area (Å²) in [5.74, 6) is 6.52. The van der Waals surface area contributed by atoms with Gasteiger partial charge in [-0.05, 0) is 18.4 Å². The van der Waals surface area contributed by atoms with Gasteiger partial charge in [-0.15, -0.1) is 11.3 Å². The van der Waals surface area contributed by atoms with Gasteiger partial charge in [0, 0.05) is 28.8 Å². The van der Waals surface area contributed by atoms with Crippen LogP contribution in [0.2, 0.25) is 0 Å². The molecule has 0 spiro atoms. The molecule has 1 aliphatic carbocycles. The minimum absolute atomic E-state index is 0.122. The quantitative estimate of drug-likeness (QED) is 0.843. The molecule has 1 N–H and O–H groups in total. The van der Waals surface area contributed by atoms with Crippen LogP contribution in [-0.4, -0.2) is 29.6 Å². The molecule has 1 amide bonds. The van der Waals surface area contributed by atoms with Gasteiger partial charge in [0.15, 0.2) is 0 Å². The Morgan fingerprint density at radius 2 is 2.39 bits per heavy atom. The molecule has 2 rings (SSSR count). The normalized spacial score (nSPS) is 21.1. The Kier molecular flexibility index (Phi) is 4.05. The number of nitrogens with zero attached hydrogens (tertiary/aromatic N) is 1. The van der Waals surface area contributed by atoms with Gasteiger partial charge >= 0.3 is 0 Å². The first kappa shape index (κ1) is 13.1. The summed E-state index contributed by atoms with van der Waals surface area (Å²) < 4.78 is 0. The van der Waals surface area contributed by atoms with Gasteiger partial charge in [-0.1, -0.05) is 18.8 Å². The van der Waals surface area contributed by atoms with Crippen molar-refractivity contribution in [3.8, 4) is 11.8 Å². The zero-order valence-corrected chi connectivity index (χ0v) is 11.5. The van der Waals surface area contributed by atoms with E-state index in [0.29, 0.717) is 12.5 Å². The van der Waals surface area contributed by atoms with Crippen molar-refractivity contribution in [3.05, 3.63) is 21.9 Å². The molecular weight excluding hydrogens is 246 g/mol. The van der Waals surface area contributed by atoms with Crippen molar-refractivity contribution >= 4 is 17.2 Å². The Bertz CT molecular complexity index is 497. The number of hydrogen-bond acceptors (Lipinski definition) is 3. The van der Waals surface area contributed by atoms with E-state index in [-0.39, 0.29) is 18.4 Å². The molecule has 1 saturated carbocycles. The van der Waals surface area contributed by atoms with Crippen molar-refractivity contribution < 1.29 is 9.90 Å². The van der Waals surface area contributed by atoms with E-state index in [1.807, 2.05) is 18.5 Å². The van der Waals surface area contributed by atoms with Crippen molar-refractivity contribution in [3.63, 3.8) is 0 Å². The molecule has 1 aromatic rings. The Balaban J connectivity index is 1.92. The molecule has 0 bridgehead atoms. The molecule has 1 aliphatic rings. The number of rotatable bonds is 3. The SMILES string of the molecule is CC1CC1C(=O)N(C)Cc1cc(C#CCO)cs1. The van der Waals surface area contributed by atoms with E-state index in [1.54, 1.807) is 16.2 Å². The van der Waals surface area contributed by atoms with E-state index in [2.05, 4.69) is 18.8 Å². The van der Waals surface area contributed by atoms with Crippen LogP contribution in [0.4, 0.5) is 0 Å². The average Bonchev–Trinajstić information content (AvgIpc) is 2.91. The minimum Gasteiger partial charge on any atom is -0.384 e. The smallest absolute Gasteiger partial charge is 0.226 e. The van der Waals surface area contributed by atoms with E-state index in [4.69, 9.17) is 5.11 Å². The molecule has 0 saturated heterocycles. The van der Waals surface area contributed by atoms with Crippen LogP contribution in [0.5, 0.6) is 0 Å². The molecule has 0 aromatic carbocycles. The van der Waals surface area contributed by atoms with Crippen LogP contribution >= 0.6 is 11.3 Å². The van der Waals surface area contributed by atoms with Crippen molar-refractivity contribution in [1.82, 2.24) is 4.90 Å². The largest absolute Gasteiger partial charge is 0.384 e. The van der Waals surface area contributed by atoms with Crippen molar-refractivity contribution in [2.75, 3.05) is 13.7 Å². The van der Waals surface area contributed by atoms with E-state index >= 15 is 0 Å². The highest BCUT2D eigenvalue weighted by molar-refractivity contribution is 7.10. The Morgan fingerprint density at radius 3 is 3.00 bits per heavy atom. The topological polar surface area (TPSA) is 40.5 Å². The number of thiophene rings is 1. The molecule has 0 radical (unpaired) electrons. The van der Waals surface area contributed by atoms with Crippen LogP contribution in [0.3, 0.4) is 0 Å². The first-order valence-electron chi connectivity index (χ1n) is 6.04. The molecule has 4 heteroatoms. The van der Waals surface area contributed by atoms with Crippen LogP contribution in [-0.2, 0) is 11.3 Å². The van der Waals surface area contributed by atoms with E-state index in [1.165, 1.54) is 0 Å². The monoisotopic (exact) mass is 263 g/mol. The standard InChI is InChI=1S/C14H17NO2S/c1-10-6-13(10)14(17)15(2)8-12-7-11(9-18-12)4-3-5-16/h7,9-10,13,16H,5-6,8H2,1-2H3. The maximum atomic E-state index is 12.0. The molecular formula is C14H17NO2S. The molecule has 1 aromatic heterocycles. The van der Waals surface area contributed by atoms with Gasteiger partial charge in [0.05, 0.1) is 6.54 Å². The summed E-state index contributed by atoms with van der Waals surface area (Å²) in [6, 6.07) is 1.98. The fourth-order valence-electron chi connectivity index (χ4n) is 1.93. The lowest BCUT2D eigenvalue weighted by Crippen LogP contribution is -2.27. The number of carbonyl (C=O) groups is 1. The lowest BCUT2D eigenvalue weighted by Gasteiger charge is -2.15. The molecule has 2 unspecified atom stereocenters. The summed E-state index contributed by atoms with van der Waals surface area (Å²) in [5.41, 5.74) is 0.907. The number of aliphatic hydroxyl groups is 1. The molecule has 96 valence electrons. The summed E-state index contributed by atoms with van der Waals surface area (Å²) in [7, 11) is 1.85. The summed E-state index contributed by atoms with van der Waals surface area (Å²) in [6.45, 7) is 2.64. The zero-order chi connectivity index (χ0) is 13.1. The van der Waals surface area contributed by atoms with E-state index < -0.39 is 0 Å². The molecule has 18 heavy (non-hydrogen) atoms. The van der Waals surface area contributed by atoms with Gasteiger partial charge in [-0.25, -0.2) is 0 Å². The molecule has 1 fully saturated rings. The van der Waals surface area contributed by atoms with Gasteiger partial charge < -0.3 is 10.0 Å². The van der Waals surface area contributed by atoms with Crippen LogP contribution in [0, 0.1) is 23.7 Å². The average molecular weight is 263 g/mol. The summed E-state index contributed by atoms with van der Waals surface area (Å²) in [5, 5.41) is 10.6. The number of amides is 1. The van der Waals surface area contributed by atoms with E-state index in [0.717, 1.165) is 16.9 Å². The van der Waals surface area contributed by atoms with Gasteiger partial charge in [0.25, 0.3) is 0 Å². The Labute approximate surface area is 111 Å².